The fraction of sp³-hybridized carbons (Fsp3) is 0.429. The zero-order valence-electron chi connectivity index (χ0n) is 11.7. The van der Waals surface area contributed by atoms with E-state index < -0.39 is 0 Å². The predicted molar refractivity (Wildman–Crippen MR) is 77.3 cm³/mol. The van der Waals surface area contributed by atoms with Crippen molar-refractivity contribution < 1.29 is 4.79 Å². The summed E-state index contributed by atoms with van der Waals surface area (Å²) in [6.07, 6.45) is 9.72. The molecule has 1 aliphatic rings. The third-order valence-corrected chi connectivity index (χ3v) is 3.77. The Balaban J connectivity index is 1.80. The average molecular weight is 286 g/mol. The first-order chi connectivity index (χ1) is 10.3. The van der Waals surface area contributed by atoms with Gasteiger partial charge in [-0.15, -0.1) is 0 Å². The summed E-state index contributed by atoms with van der Waals surface area (Å²) in [7, 11) is 0. The van der Waals surface area contributed by atoms with Gasteiger partial charge in [-0.3, -0.25) is 9.48 Å². The van der Waals surface area contributed by atoms with Crippen LogP contribution in [0.2, 0.25) is 0 Å². The molecule has 21 heavy (non-hydrogen) atoms. The molecule has 0 aromatic carbocycles. The normalized spacial score (nSPS) is 18.7. The molecule has 2 aromatic rings. The Hall–Kier alpha value is -2.44. The maximum absolute atomic E-state index is 12.7. The van der Waals surface area contributed by atoms with E-state index in [9.17, 15) is 4.79 Å². The van der Waals surface area contributed by atoms with Crippen molar-refractivity contribution in [2.75, 3.05) is 12.3 Å². The van der Waals surface area contributed by atoms with Crippen LogP contribution in [0, 0.1) is 0 Å². The van der Waals surface area contributed by atoms with Crippen LogP contribution in [0.4, 0.5) is 5.82 Å². The molecule has 3 rings (SSSR count). The first-order valence-electron chi connectivity index (χ1n) is 7.10. The van der Waals surface area contributed by atoms with Crippen LogP contribution in [-0.4, -0.2) is 43.1 Å². The minimum absolute atomic E-state index is 0.118. The summed E-state index contributed by atoms with van der Waals surface area (Å²) in [5, 5.41) is 4.22. The second kappa shape index (κ2) is 5.90. The molecule has 0 saturated carbocycles. The van der Waals surface area contributed by atoms with Crippen LogP contribution in [-0.2, 0) is 6.54 Å². The van der Waals surface area contributed by atoms with E-state index in [0.717, 1.165) is 25.8 Å². The van der Waals surface area contributed by atoms with Gasteiger partial charge in [0.05, 0.1) is 12.6 Å². The summed E-state index contributed by atoms with van der Waals surface area (Å²) < 4.78 is 1.86. The number of nitrogens with two attached hydrogens (primary N) is 1. The Morgan fingerprint density at radius 1 is 1.29 bits per heavy atom. The summed E-state index contributed by atoms with van der Waals surface area (Å²) in [5.74, 6) is 0.0448. The molecule has 1 atom stereocenters. The zero-order valence-corrected chi connectivity index (χ0v) is 11.7. The fourth-order valence-electron chi connectivity index (χ4n) is 2.73. The number of carbonyl (C=O) groups excluding carboxylic acids is 1. The average Bonchev–Trinajstić information content (AvgIpc) is 3.01. The van der Waals surface area contributed by atoms with Gasteiger partial charge >= 0.3 is 0 Å². The first-order valence-corrected chi connectivity index (χ1v) is 7.10. The van der Waals surface area contributed by atoms with Crippen molar-refractivity contribution in [2.45, 2.75) is 31.8 Å². The highest BCUT2D eigenvalue weighted by Crippen LogP contribution is 2.21. The molecule has 1 fully saturated rings. The van der Waals surface area contributed by atoms with Crippen molar-refractivity contribution in [3.63, 3.8) is 0 Å². The van der Waals surface area contributed by atoms with Crippen molar-refractivity contribution in [1.82, 2.24) is 24.6 Å². The molecule has 2 aromatic heterocycles. The number of nitrogens with zero attached hydrogens (tertiary/aromatic N) is 5. The second-order valence-electron chi connectivity index (χ2n) is 5.17. The van der Waals surface area contributed by atoms with Crippen LogP contribution in [0.25, 0.3) is 0 Å². The molecule has 0 aliphatic carbocycles. The monoisotopic (exact) mass is 286 g/mol. The van der Waals surface area contributed by atoms with E-state index in [2.05, 4.69) is 15.1 Å². The van der Waals surface area contributed by atoms with E-state index in [4.69, 9.17) is 5.73 Å². The fourth-order valence-corrected chi connectivity index (χ4v) is 2.73. The standard InChI is InChI=1S/C14H18N6O/c15-13-12(16-6-7-17-13)14(21)20-9-2-1-4-11(20)10-19-8-3-5-18-19/h3,5-8,11H,1-2,4,9-10H2,(H2,15,17)/t11-/m0/s1. The first kappa shape index (κ1) is 13.5. The predicted octanol–water partition coefficient (Wildman–Crippen LogP) is 0.950. The lowest BCUT2D eigenvalue weighted by atomic mass is 10.0. The van der Waals surface area contributed by atoms with Gasteiger partial charge in [0.2, 0.25) is 0 Å². The lowest BCUT2D eigenvalue weighted by Crippen LogP contribution is -2.46. The summed E-state index contributed by atoms with van der Waals surface area (Å²) in [6, 6.07) is 2.00. The Morgan fingerprint density at radius 3 is 2.90 bits per heavy atom. The molecule has 3 heterocycles. The zero-order chi connectivity index (χ0) is 14.7. The minimum Gasteiger partial charge on any atom is -0.382 e. The molecule has 2 N–H and O–H groups in total. The molecule has 7 nitrogen and oxygen atoms in total. The number of hydrogen-bond donors (Lipinski definition) is 1. The van der Waals surface area contributed by atoms with Gasteiger partial charge in [0.15, 0.2) is 11.5 Å². The largest absolute Gasteiger partial charge is 0.382 e. The van der Waals surface area contributed by atoms with Gasteiger partial charge in [0.1, 0.15) is 0 Å². The number of aromatic nitrogens is 4. The number of hydrogen-bond acceptors (Lipinski definition) is 5. The maximum atomic E-state index is 12.7. The molecule has 0 spiro atoms. The van der Waals surface area contributed by atoms with Crippen molar-refractivity contribution >= 4 is 11.7 Å². The maximum Gasteiger partial charge on any atom is 0.276 e. The van der Waals surface area contributed by atoms with E-state index in [1.54, 1.807) is 6.20 Å². The number of piperidine rings is 1. The molecule has 110 valence electrons. The van der Waals surface area contributed by atoms with Crippen LogP contribution in [0.1, 0.15) is 29.8 Å². The number of amides is 1. The van der Waals surface area contributed by atoms with E-state index in [0.29, 0.717) is 6.54 Å². The van der Waals surface area contributed by atoms with Crippen LogP contribution >= 0.6 is 0 Å². The van der Waals surface area contributed by atoms with Crippen molar-refractivity contribution in [3.05, 3.63) is 36.5 Å². The third kappa shape index (κ3) is 2.86. The molecule has 0 unspecified atom stereocenters. The van der Waals surface area contributed by atoms with Gasteiger partial charge in [-0.25, -0.2) is 9.97 Å². The molecule has 7 heteroatoms. The lowest BCUT2D eigenvalue weighted by Gasteiger charge is -2.35. The number of anilines is 1. The van der Waals surface area contributed by atoms with Crippen molar-refractivity contribution in [2.24, 2.45) is 0 Å². The molecule has 1 aliphatic heterocycles. The summed E-state index contributed by atoms with van der Waals surface area (Å²) in [4.78, 5) is 22.6. The number of nitrogen functional groups attached to an aromatic ring is 1. The Bertz CT molecular complexity index is 612. The van der Waals surface area contributed by atoms with Crippen LogP contribution in [0.5, 0.6) is 0 Å². The van der Waals surface area contributed by atoms with E-state index in [1.165, 1.54) is 12.4 Å². The van der Waals surface area contributed by atoms with Gasteiger partial charge in [-0.05, 0) is 25.3 Å². The van der Waals surface area contributed by atoms with Gasteiger partial charge in [-0.1, -0.05) is 0 Å². The van der Waals surface area contributed by atoms with Crippen molar-refractivity contribution in [1.29, 1.82) is 0 Å². The van der Waals surface area contributed by atoms with Gasteiger partial charge in [0, 0.05) is 31.3 Å². The molecule has 0 bridgehead atoms. The Kier molecular flexibility index (Phi) is 3.81. The van der Waals surface area contributed by atoms with E-state index >= 15 is 0 Å². The van der Waals surface area contributed by atoms with Gasteiger partial charge in [0.25, 0.3) is 5.91 Å². The SMILES string of the molecule is Nc1nccnc1C(=O)N1CCCC[C@H]1Cn1cccn1. The lowest BCUT2D eigenvalue weighted by molar-refractivity contribution is 0.0578. The molecule has 0 radical (unpaired) electrons. The quantitative estimate of drug-likeness (QED) is 0.907. The molecular formula is C14H18N6O. The number of rotatable bonds is 3. The van der Waals surface area contributed by atoms with Gasteiger partial charge in [-0.2, -0.15) is 5.10 Å². The highest BCUT2D eigenvalue weighted by atomic mass is 16.2. The summed E-state index contributed by atoms with van der Waals surface area (Å²) in [6.45, 7) is 1.42. The topological polar surface area (TPSA) is 89.9 Å². The van der Waals surface area contributed by atoms with Gasteiger partial charge < -0.3 is 10.6 Å². The third-order valence-electron chi connectivity index (χ3n) is 3.77. The van der Waals surface area contributed by atoms with Crippen LogP contribution in [0.3, 0.4) is 0 Å². The van der Waals surface area contributed by atoms with Crippen LogP contribution < -0.4 is 5.73 Å². The number of carbonyl (C=O) groups is 1. The Labute approximate surface area is 122 Å². The Morgan fingerprint density at radius 2 is 2.14 bits per heavy atom. The molecule has 1 amide bonds. The smallest absolute Gasteiger partial charge is 0.276 e. The van der Waals surface area contributed by atoms with Crippen molar-refractivity contribution in [3.8, 4) is 0 Å². The van der Waals surface area contributed by atoms with Crippen LogP contribution in [0.15, 0.2) is 30.9 Å². The van der Waals surface area contributed by atoms with E-state index in [-0.39, 0.29) is 23.5 Å². The molecule has 1 saturated heterocycles. The summed E-state index contributed by atoms with van der Waals surface area (Å²) in [5.41, 5.74) is 6.01. The summed E-state index contributed by atoms with van der Waals surface area (Å²) >= 11 is 0. The highest BCUT2D eigenvalue weighted by molar-refractivity contribution is 5.96. The van der Waals surface area contributed by atoms with E-state index in [1.807, 2.05) is 21.8 Å². The highest BCUT2D eigenvalue weighted by Gasteiger charge is 2.29. The number of likely N-dealkylation sites (tertiary alicyclic amines) is 1. The minimum atomic E-state index is -0.141. The second-order valence-corrected chi connectivity index (χ2v) is 5.17. The molecular weight excluding hydrogens is 268 g/mol.